The van der Waals surface area contributed by atoms with Gasteiger partial charge in [0.1, 0.15) is 0 Å². The van der Waals surface area contributed by atoms with Crippen molar-refractivity contribution in [3.63, 3.8) is 0 Å². The predicted molar refractivity (Wildman–Crippen MR) is 123 cm³/mol. The van der Waals surface area contributed by atoms with Crippen molar-refractivity contribution >= 4 is 38.7 Å². The van der Waals surface area contributed by atoms with Gasteiger partial charge < -0.3 is 10.1 Å². The van der Waals surface area contributed by atoms with Crippen LogP contribution in [-0.2, 0) is 6.42 Å². The van der Waals surface area contributed by atoms with Crippen LogP contribution in [0.3, 0.4) is 0 Å². The van der Waals surface area contributed by atoms with E-state index in [0.717, 1.165) is 21.2 Å². The number of hydrogen-bond acceptors (Lipinski definition) is 5. The maximum Gasteiger partial charge on any atom is 0.312 e. The lowest BCUT2D eigenvalue weighted by atomic mass is 10.0. The van der Waals surface area contributed by atoms with Crippen molar-refractivity contribution in [3.05, 3.63) is 98.4 Å². The highest BCUT2D eigenvalue weighted by Crippen LogP contribution is 2.35. The van der Waals surface area contributed by atoms with E-state index in [1.807, 2.05) is 31.2 Å². The summed E-state index contributed by atoms with van der Waals surface area (Å²) in [7, 11) is 1.37. The van der Waals surface area contributed by atoms with Crippen molar-refractivity contribution in [2.75, 3.05) is 12.4 Å². The first-order chi connectivity index (χ1) is 15.0. The van der Waals surface area contributed by atoms with Crippen LogP contribution in [-0.4, -0.2) is 17.9 Å². The molecule has 1 N–H and O–H groups in total. The number of nitrogens with one attached hydrogen (secondary N) is 1. The first-order valence-electron chi connectivity index (χ1n) is 9.66. The minimum Gasteiger partial charge on any atom is -0.490 e. The molecule has 156 valence electrons. The molecule has 0 aliphatic carbocycles. The number of carbonyl (C=O) groups is 1. The Hall–Kier alpha value is -3.71. The van der Waals surface area contributed by atoms with E-state index in [4.69, 9.17) is 4.74 Å². The third-order valence-electron chi connectivity index (χ3n) is 5.04. The number of nitro groups is 1. The molecule has 3 aromatic carbocycles. The van der Waals surface area contributed by atoms with Gasteiger partial charge in [-0.15, -0.1) is 11.3 Å². The van der Waals surface area contributed by atoms with Crippen molar-refractivity contribution in [3.8, 4) is 5.75 Å². The quantitative estimate of drug-likeness (QED) is 0.301. The van der Waals surface area contributed by atoms with Crippen LogP contribution in [0.25, 0.3) is 10.1 Å². The fraction of sp³-hybridized carbons (Fsp3) is 0.125. The molecule has 6 nitrogen and oxygen atoms in total. The summed E-state index contributed by atoms with van der Waals surface area (Å²) in [6, 6.07) is 20.5. The molecule has 0 saturated heterocycles. The number of thiophene rings is 1. The Balaban J connectivity index is 1.70. The molecule has 0 atom stereocenters. The summed E-state index contributed by atoms with van der Waals surface area (Å²) in [5, 5.41) is 15.2. The van der Waals surface area contributed by atoms with Crippen LogP contribution < -0.4 is 10.1 Å². The van der Waals surface area contributed by atoms with Gasteiger partial charge in [-0.2, -0.15) is 0 Å². The SMILES string of the molecule is COc1ccc(NC(=O)c2sc3ccccc3c2Cc2ccc(C)cc2)cc1[N+](=O)[O-]. The molecule has 0 fully saturated rings. The Bertz CT molecular complexity index is 1280. The molecule has 0 aliphatic rings. The Labute approximate surface area is 183 Å². The fourth-order valence-electron chi connectivity index (χ4n) is 3.47. The van der Waals surface area contributed by atoms with E-state index in [-0.39, 0.29) is 17.3 Å². The van der Waals surface area contributed by atoms with Gasteiger partial charge in [-0.25, -0.2) is 0 Å². The zero-order chi connectivity index (χ0) is 22.0. The molecular weight excluding hydrogens is 412 g/mol. The fourth-order valence-corrected chi connectivity index (χ4v) is 4.58. The first kappa shape index (κ1) is 20.6. The molecule has 4 rings (SSSR count). The summed E-state index contributed by atoms with van der Waals surface area (Å²) >= 11 is 1.42. The number of nitrogens with zero attached hydrogens (tertiary/aromatic N) is 1. The van der Waals surface area contributed by atoms with Crippen LogP contribution in [0.5, 0.6) is 5.75 Å². The Morgan fingerprint density at radius 3 is 2.55 bits per heavy atom. The lowest BCUT2D eigenvalue weighted by Gasteiger charge is -2.09. The van der Waals surface area contributed by atoms with Gasteiger partial charge in [0.2, 0.25) is 0 Å². The monoisotopic (exact) mass is 432 g/mol. The zero-order valence-electron chi connectivity index (χ0n) is 17.0. The van der Waals surface area contributed by atoms with Crippen molar-refractivity contribution < 1.29 is 14.5 Å². The van der Waals surface area contributed by atoms with Crippen LogP contribution >= 0.6 is 11.3 Å². The second-order valence-corrected chi connectivity index (χ2v) is 8.22. The number of nitro benzene ring substituents is 1. The van der Waals surface area contributed by atoms with E-state index >= 15 is 0 Å². The maximum atomic E-state index is 13.2. The van der Waals surface area contributed by atoms with E-state index in [1.54, 1.807) is 6.07 Å². The molecule has 7 heteroatoms. The number of aryl methyl sites for hydroxylation is 1. The summed E-state index contributed by atoms with van der Waals surface area (Å²) in [6.07, 6.45) is 0.621. The molecular formula is C24H20N2O4S. The largest absolute Gasteiger partial charge is 0.490 e. The van der Waals surface area contributed by atoms with Crippen LogP contribution in [0.1, 0.15) is 26.4 Å². The van der Waals surface area contributed by atoms with Gasteiger partial charge in [-0.1, -0.05) is 48.0 Å². The lowest BCUT2D eigenvalue weighted by molar-refractivity contribution is -0.385. The normalized spacial score (nSPS) is 10.8. The van der Waals surface area contributed by atoms with Gasteiger partial charge in [0.05, 0.1) is 16.9 Å². The summed E-state index contributed by atoms with van der Waals surface area (Å²) in [5.74, 6) is -0.146. The molecule has 1 heterocycles. The molecule has 0 spiro atoms. The van der Waals surface area contributed by atoms with E-state index in [9.17, 15) is 14.9 Å². The number of hydrogen-bond donors (Lipinski definition) is 1. The van der Waals surface area contributed by atoms with Crippen LogP contribution in [0.15, 0.2) is 66.7 Å². The number of benzene rings is 3. The minimum absolute atomic E-state index is 0.143. The molecule has 0 bridgehead atoms. The van der Waals surface area contributed by atoms with Crippen molar-refractivity contribution in [1.29, 1.82) is 0 Å². The standard InChI is InChI=1S/C24H20N2O4S/c1-15-7-9-16(10-8-15)13-19-18-5-3-4-6-22(18)31-23(19)24(27)25-17-11-12-21(30-2)20(14-17)26(28)29/h3-12,14H,13H2,1-2H3,(H,25,27). The topological polar surface area (TPSA) is 81.5 Å². The number of fused-ring (bicyclic) bond motifs is 1. The zero-order valence-corrected chi connectivity index (χ0v) is 17.9. The molecule has 1 amide bonds. The second-order valence-electron chi connectivity index (χ2n) is 7.17. The van der Waals surface area contributed by atoms with Gasteiger partial charge in [0.25, 0.3) is 5.91 Å². The highest BCUT2D eigenvalue weighted by atomic mass is 32.1. The van der Waals surface area contributed by atoms with E-state index in [2.05, 4.69) is 29.6 Å². The second kappa shape index (κ2) is 8.57. The van der Waals surface area contributed by atoms with Crippen molar-refractivity contribution in [2.24, 2.45) is 0 Å². The summed E-state index contributed by atoms with van der Waals surface area (Å²) in [4.78, 5) is 24.6. The number of rotatable bonds is 6. The number of amides is 1. The maximum absolute atomic E-state index is 13.2. The van der Waals surface area contributed by atoms with E-state index < -0.39 is 4.92 Å². The first-order valence-corrected chi connectivity index (χ1v) is 10.5. The Kier molecular flexibility index (Phi) is 5.68. The third-order valence-corrected chi connectivity index (χ3v) is 6.25. The van der Waals surface area contributed by atoms with Gasteiger partial charge >= 0.3 is 5.69 Å². The highest BCUT2D eigenvalue weighted by Gasteiger charge is 2.21. The Morgan fingerprint density at radius 1 is 1.10 bits per heavy atom. The van der Waals surface area contributed by atoms with E-state index in [1.165, 1.54) is 36.1 Å². The average molecular weight is 433 g/mol. The molecule has 0 saturated carbocycles. The molecule has 31 heavy (non-hydrogen) atoms. The van der Waals surface area contributed by atoms with E-state index in [0.29, 0.717) is 17.0 Å². The summed E-state index contributed by atoms with van der Waals surface area (Å²) < 4.78 is 6.06. The number of carbonyl (C=O) groups excluding carboxylic acids is 1. The van der Waals surface area contributed by atoms with Crippen molar-refractivity contribution in [1.82, 2.24) is 0 Å². The lowest BCUT2D eigenvalue weighted by Crippen LogP contribution is -2.12. The van der Waals surface area contributed by atoms with Gasteiger partial charge in [0, 0.05) is 16.5 Å². The minimum atomic E-state index is -0.531. The summed E-state index contributed by atoms with van der Waals surface area (Å²) in [5.41, 5.74) is 3.39. The van der Waals surface area contributed by atoms with Crippen LogP contribution in [0, 0.1) is 17.0 Å². The summed E-state index contributed by atoms with van der Waals surface area (Å²) in [6.45, 7) is 2.04. The number of anilines is 1. The van der Waals surface area contributed by atoms with Gasteiger partial charge in [-0.3, -0.25) is 14.9 Å². The van der Waals surface area contributed by atoms with Crippen LogP contribution in [0.2, 0.25) is 0 Å². The average Bonchev–Trinajstić information content (AvgIpc) is 3.14. The molecule has 0 unspecified atom stereocenters. The third kappa shape index (κ3) is 4.27. The smallest absolute Gasteiger partial charge is 0.312 e. The molecule has 1 aromatic heterocycles. The predicted octanol–water partition coefficient (Wildman–Crippen LogP) is 5.97. The molecule has 0 aliphatic heterocycles. The highest BCUT2D eigenvalue weighted by molar-refractivity contribution is 7.21. The molecule has 0 radical (unpaired) electrons. The number of ether oxygens (including phenoxy) is 1. The van der Waals surface area contributed by atoms with Gasteiger partial charge in [-0.05, 0) is 48.1 Å². The van der Waals surface area contributed by atoms with Gasteiger partial charge in [0.15, 0.2) is 5.75 Å². The molecule has 4 aromatic rings. The van der Waals surface area contributed by atoms with Crippen molar-refractivity contribution in [2.45, 2.75) is 13.3 Å². The Morgan fingerprint density at radius 2 is 1.84 bits per heavy atom. The van der Waals surface area contributed by atoms with Crippen LogP contribution in [0.4, 0.5) is 11.4 Å². The number of methoxy groups -OCH3 is 1.